The van der Waals surface area contributed by atoms with Gasteiger partial charge in [0.1, 0.15) is 12.1 Å². The van der Waals surface area contributed by atoms with Crippen molar-refractivity contribution in [1.29, 1.82) is 0 Å². The van der Waals surface area contributed by atoms with Gasteiger partial charge in [-0.25, -0.2) is 9.97 Å². The topological polar surface area (TPSA) is 163 Å². The number of carbonyl (C=O) groups is 2. The lowest BCUT2D eigenvalue weighted by Crippen LogP contribution is -2.13. The fourth-order valence-electron chi connectivity index (χ4n) is 3.45. The van der Waals surface area contributed by atoms with Crippen molar-refractivity contribution in [3.63, 3.8) is 0 Å². The standard InChI is InChI=1S/C24H26N8O4/c1-13(2)32-11-16(9-27-32)29-24-26-10-18(14(3)33)22(31-24)30-19-7-5-6-17(21(19)35-4)23-28-15(12-36-23)8-20(25)34/h5-7,9-13H,8H2,1-4H3,(H2,25,34)(H2,26,29,30,31). The number of benzene rings is 1. The van der Waals surface area contributed by atoms with Crippen molar-refractivity contribution in [2.24, 2.45) is 5.73 Å². The van der Waals surface area contributed by atoms with Crippen LogP contribution < -0.4 is 21.1 Å². The molecule has 0 fully saturated rings. The lowest BCUT2D eigenvalue weighted by molar-refractivity contribution is -0.117. The summed E-state index contributed by atoms with van der Waals surface area (Å²) in [5, 5.41) is 10.6. The number of rotatable bonds is 10. The fraction of sp³-hybridized carbons (Fsp3) is 0.250. The number of nitrogens with two attached hydrogens (primary N) is 1. The maximum atomic E-state index is 12.3. The Kier molecular flexibility index (Phi) is 6.95. The van der Waals surface area contributed by atoms with Gasteiger partial charge in [-0.3, -0.25) is 14.3 Å². The number of ether oxygens (including phenoxy) is 1. The van der Waals surface area contributed by atoms with Crippen molar-refractivity contribution >= 4 is 34.8 Å². The number of Topliss-reactive ketones (excluding diaryl/α,β-unsaturated/α-hetero) is 1. The number of oxazole rings is 1. The van der Waals surface area contributed by atoms with Crippen LogP contribution in [0, 0.1) is 0 Å². The number of amides is 1. The monoisotopic (exact) mass is 490 g/mol. The summed E-state index contributed by atoms with van der Waals surface area (Å²) in [5.41, 5.74) is 7.72. The fourth-order valence-corrected chi connectivity index (χ4v) is 3.45. The number of hydrogen-bond acceptors (Lipinski definition) is 10. The average molecular weight is 491 g/mol. The van der Waals surface area contributed by atoms with E-state index in [9.17, 15) is 9.59 Å². The van der Waals surface area contributed by atoms with E-state index in [0.717, 1.165) is 0 Å². The first kappa shape index (κ1) is 24.4. The molecule has 0 saturated carbocycles. The van der Waals surface area contributed by atoms with Gasteiger partial charge in [0, 0.05) is 18.4 Å². The van der Waals surface area contributed by atoms with E-state index in [-0.39, 0.29) is 35.9 Å². The van der Waals surface area contributed by atoms with Crippen LogP contribution in [0.2, 0.25) is 0 Å². The molecule has 0 aliphatic heterocycles. The Morgan fingerprint density at radius 2 is 2.00 bits per heavy atom. The zero-order valence-corrected chi connectivity index (χ0v) is 20.3. The van der Waals surface area contributed by atoms with Gasteiger partial charge in [-0.2, -0.15) is 10.1 Å². The average Bonchev–Trinajstić information content (AvgIpc) is 3.48. The number of nitrogens with zero attached hydrogens (tertiary/aromatic N) is 5. The van der Waals surface area contributed by atoms with E-state index in [1.807, 2.05) is 20.0 Å². The van der Waals surface area contributed by atoms with Crippen LogP contribution in [0.3, 0.4) is 0 Å². The van der Waals surface area contributed by atoms with Gasteiger partial charge in [-0.1, -0.05) is 6.07 Å². The van der Waals surface area contributed by atoms with Crippen molar-refractivity contribution in [3.8, 4) is 17.2 Å². The van der Waals surface area contributed by atoms with Crippen molar-refractivity contribution in [3.05, 3.63) is 54.3 Å². The predicted octanol–water partition coefficient (Wildman–Crippen LogP) is 3.64. The highest BCUT2D eigenvalue weighted by molar-refractivity contribution is 5.99. The minimum absolute atomic E-state index is 0.0431. The van der Waals surface area contributed by atoms with Gasteiger partial charge in [0.25, 0.3) is 0 Å². The van der Waals surface area contributed by atoms with Crippen LogP contribution in [-0.4, -0.2) is 43.5 Å². The molecule has 0 atom stereocenters. The van der Waals surface area contributed by atoms with Gasteiger partial charge in [-0.15, -0.1) is 0 Å². The van der Waals surface area contributed by atoms with Crippen LogP contribution in [0.4, 0.5) is 23.1 Å². The van der Waals surface area contributed by atoms with E-state index in [2.05, 4.69) is 30.7 Å². The molecule has 4 N–H and O–H groups in total. The van der Waals surface area contributed by atoms with Crippen LogP contribution >= 0.6 is 0 Å². The third-order valence-corrected chi connectivity index (χ3v) is 5.16. The quantitative estimate of drug-likeness (QED) is 0.280. The number of aromatic nitrogens is 5. The molecule has 0 aliphatic carbocycles. The van der Waals surface area contributed by atoms with Crippen LogP contribution in [0.25, 0.3) is 11.5 Å². The van der Waals surface area contributed by atoms with E-state index < -0.39 is 5.91 Å². The van der Waals surface area contributed by atoms with E-state index in [0.29, 0.717) is 33.9 Å². The smallest absolute Gasteiger partial charge is 0.230 e. The second-order valence-corrected chi connectivity index (χ2v) is 8.24. The molecule has 0 spiro atoms. The van der Waals surface area contributed by atoms with Gasteiger partial charge in [0.05, 0.1) is 47.9 Å². The molecule has 36 heavy (non-hydrogen) atoms. The molecule has 0 aliphatic rings. The van der Waals surface area contributed by atoms with Crippen molar-refractivity contribution < 1.29 is 18.7 Å². The zero-order chi connectivity index (χ0) is 25.8. The molecular weight excluding hydrogens is 464 g/mol. The minimum Gasteiger partial charge on any atom is -0.494 e. The molecule has 0 radical (unpaired) electrons. The Morgan fingerprint density at radius 3 is 2.67 bits per heavy atom. The first-order valence-electron chi connectivity index (χ1n) is 11.1. The Morgan fingerprint density at radius 1 is 1.19 bits per heavy atom. The zero-order valence-electron chi connectivity index (χ0n) is 20.3. The molecule has 0 saturated heterocycles. The Balaban J connectivity index is 1.67. The maximum absolute atomic E-state index is 12.3. The molecule has 0 bridgehead atoms. The summed E-state index contributed by atoms with van der Waals surface area (Å²) < 4.78 is 13.0. The summed E-state index contributed by atoms with van der Waals surface area (Å²) in [4.78, 5) is 36.6. The van der Waals surface area contributed by atoms with Crippen molar-refractivity contribution in [2.45, 2.75) is 33.2 Å². The van der Waals surface area contributed by atoms with E-state index >= 15 is 0 Å². The summed E-state index contributed by atoms with van der Waals surface area (Å²) in [7, 11) is 1.50. The number of ketones is 1. The number of anilines is 4. The molecule has 186 valence electrons. The van der Waals surface area contributed by atoms with Gasteiger partial charge in [0.2, 0.25) is 17.7 Å². The molecule has 12 heteroatoms. The molecule has 3 heterocycles. The second kappa shape index (κ2) is 10.3. The molecular formula is C24H26N8O4. The number of carbonyl (C=O) groups excluding carboxylic acids is 2. The van der Waals surface area contributed by atoms with E-state index in [1.54, 1.807) is 29.1 Å². The summed E-state index contributed by atoms with van der Waals surface area (Å²) in [6.07, 6.45) is 6.29. The molecule has 4 aromatic rings. The maximum Gasteiger partial charge on any atom is 0.230 e. The minimum atomic E-state index is -0.515. The number of primary amides is 1. The summed E-state index contributed by atoms with van der Waals surface area (Å²) >= 11 is 0. The molecule has 1 amide bonds. The van der Waals surface area contributed by atoms with Crippen LogP contribution in [0.1, 0.15) is 42.9 Å². The third kappa shape index (κ3) is 5.32. The highest BCUT2D eigenvalue weighted by atomic mass is 16.5. The number of para-hydroxylation sites is 1. The summed E-state index contributed by atoms with van der Waals surface area (Å²) in [6, 6.07) is 5.50. The van der Waals surface area contributed by atoms with E-state index in [4.69, 9.17) is 14.9 Å². The molecule has 1 aromatic carbocycles. The van der Waals surface area contributed by atoms with Gasteiger partial charge >= 0.3 is 0 Å². The first-order chi connectivity index (χ1) is 17.2. The Bertz CT molecular complexity index is 1410. The normalized spacial score (nSPS) is 10.9. The van der Waals surface area contributed by atoms with Crippen LogP contribution in [-0.2, 0) is 11.2 Å². The van der Waals surface area contributed by atoms with Crippen molar-refractivity contribution in [1.82, 2.24) is 24.7 Å². The molecule has 4 rings (SSSR count). The predicted molar refractivity (Wildman–Crippen MR) is 133 cm³/mol. The van der Waals surface area contributed by atoms with Crippen LogP contribution in [0.15, 0.2) is 47.5 Å². The van der Waals surface area contributed by atoms with E-state index in [1.165, 1.54) is 26.5 Å². The molecule has 3 aromatic heterocycles. The molecule has 0 unspecified atom stereocenters. The number of hydrogen-bond donors (Lipinski definition) is 3. The summed E-state index contributed by atoms with van der Waals surface area (Å²) in [5.74, 6) is 0.504. The highest BCUT2D eigenvalue weighted by Gasteiger charge is 2.19. The second-order valence-electron chi connectivity index (χ2n) is 8.24. The van der Waals surface area contributed by atoms with Gasteiger partial charge < -0.3 is 25.5 Å². The lowest BCUT2D eigenvalue weighted by atomic mass is 10.1. The first-order valence-corrected chi connectivity index (χ1v) is 11.1. The Labute approximate surface area is 206 Å². The van der Waals surface area contributed by atoms with Crippen molar-refractivity contribution in [2.75, 3.05) is 17.7 Å². The lowest BCUT2D eigenvalue weighted by Gasteiger charge is -2.15. The van der Waals surface area contributed by atoms with Gasteiger partial charge in [0.15, 0.2) is 11.5 Å². The number of nitrogens with one attached hydrogen (secondary N) is 2. The SMILES string of the molecule is COc1c(Nc2nc(Nc3cnn(C(C)C)c3)ncc2C(C)=O)cccc1-c1nc(CC(N)=O)co1. The largest absolute Gasteiger partial charge is 0.494 e. The molecule has 12 nitrogen and oxygen atoms in total. The summed E-state index contributed by atoms with van der Waals surface area (Å²) in [6.45, 7) is 5.48. The number of methoxy groups -OCH3 is 1. The third-order valence-electron chi connectivity index (χ3n) is 5.16. The Hall–Kier alpha value is -4.74. The van der Waals surface area contributed by atoms with Gasteiger partial charge in [-0.05, 0) is 32.9 Å². The van der Waals surface area contributed by atoms with Crippen LogP contribution in [0.5, 0.6) is 5.75 Å². The highest BCUT2D eigenvalue weighted by Crippen LogP contribution is 2.38.